The van der Waals surface area contributed by atoms with Crippen molar-refractivity contribution in [2.45, 2.75) is 18.9 Å². The van der Waals surface area contributed by atoms with Gasteiger partial charge in [0.05, 0.1) is 0 Å². The first-order valence-electron chi connectivity index (χ1n) is 6.19. The minimum absolute atomic E-state index is 0.330. The molecular formula is C13H13NO10. The van der Waals surface area contributed by atoms with Crippen LogP contribution in [0.15, 0.2) is 24.3 Å². The number of ether oxygens (including phenoxy) is 2. The average Bonchev–Trinajstić information content (AvgIpc) is 2.48. The highest BCUT2D eigenvalue weighted by Gasteiger charge is 2.20. The van der Waals surface area contributed by atoms with Gasteiger partial charge < -0.3 is 25.4 Å². The third-order valence-corrected chi connectivity index (χ3v) is 2.10. The molecule has 24 heavy (non-hydrogen) atoms. The van der Waals surface area contributed by atoms with Crippen molar-refractivity contribution in [3.8, 4) is 0 Å². The Labute approximate surface area is 134 Å². The van der Waals surface area contributed by atoms with Crippen LogP contribution in [0.4, 0.5) is 0 Å². The second-order valence-corrected chi connectivity index (χ2v) is 4.02. The van der Waals surface area contributed by atoms with Crippen molar-refractivity contribution in [1.29, 1.82) is 0 Å². The van der Waals surface area contributed by atoms with Gasteiger partial charge in [0.25, 0.3) is 0 Å². The summed E-state index contributed by atoms with van der Waals surface area (Å²) in [5.74, 6) is -7.59. The van der Waals surface area contributed by atoms with E-state index in [1.807, 2.05) is 0 Å². The molecule has 0 aromatic heterocycles. The maximum atomic E-state index is 11.4. The molecule has 0 rings (SSSR count). The maximum Gasteiger partial charge on any atom is 0.338 e. The van der Waals surface area contributed by atoms with Crippen LogP contribution in [0, 0.1) is 0 Å². The molecule has 0 aliphatic heterocycles. The first kappa shape index (κ1) is 20.7. The van der Waals surface area contributed by atoms with E-state index in [1.165, 1.54) is 0 Å². The van der Waals surface area contributed by atoms with Crippen LogP contribution in [0.2, 0.25) is 0 Å². The van der Waals surface area contributed by atoms with Crippen LogP contribution in [0.1, 0.15) is 12.8 Å². The molecule has 0 bridgehead atoms. The van der Waals surface area contributed by atoms with Crippen LogP contribution in [0.3, 0.4) is 0 Å². The number of nitrogens with two attached hydrogens (primary N) is 1. The molecule has 11 heteroatoms. The number of carboxylic acid groups (broad SMARTS) is 2. The molecule has 11 nitrogen and oxygen atoms in total. The van der Waals surface area contributed by atoms with E-state index in [4.69, 9.17) is 15.9 Å². The molecule has 0 saturated heterocycles. The van der Waals surface area contributed by atoms with E-state index >= 15 is 0 Å². The van der Waals surface area contributed by atoms with Gasteiger partial charge in [0, 0.05) is 30.7 Å². The summed E-state index contributed by atoms with van der Waals surface area (Å²) in [7, 11) is 0. The monoisotopic (exact) mass is 343 g/mol. The topological polar surface area (TPSA) is 187 Å². The molecule has 0 saturated carbocycles. The van der Waals surface area contributed by atoms with E-state index in [2.05, 4.69) is 9.47 Å². The van der Waals surface area contributed by atoms with Gasteiger partial charge in [-0.2, -0.15) is 0 Å². The summed E-state index contributed by atoms with van der Waals surface area (Å²) in [5.41, 5.74) is 5.35. The zero-order valence-corrected chi connectivity index (χ0v) is 12.0. The average molecular weight is 343 g/mol. The van der Waals surface area contributed by atoms with E-state index < -0.39 is 48.3 Å². The van der Waals surface area contributed by atoms with Gasteiger partial charge in [0.15, 0.2) is 0 Å². The van der Waals surface area contributed by atoms with Crippen molar-refractivity contribution in [2.24, 2.45) is 5.73 Å². The Morgan fingerprint density at radius 2 is 1.29 bits per heavy atom. The lowest BCUT2D eigenvalue weighted by Crippen LogP contribution is -2.34. The summed E-state index contributed by atoms with van der Waals surface area (Å²) in [6.45, 7) is 0. The third-order valence-electron chi connectivity index (χ3n) is 2.10. The van der Waals surface area contributed by atoms with E-state index in [1.54, 1.807) is 0 Å². The molecule has 0 amide bonds. The van der Waals surface area contributed by atoms with Gasteiger partial charge in [-0.3, -0.25) is 4.79 Å². The number of rotatable bonds is 8. The van der Waals surface area contributed by atoms with Gasteiger partial charge in [-0.05, 0) is 6.42 Å². The van der Waals surface area contributed by atoms with E-state index in [0.29, 0.717) is 24.3 Å². The van der Waals surface area contributed by atoms with Crippen LogP contribution in [-0.2, 0) is 38.2 Å². The lowest BCUT2D eigenvalue weighted by atomic mass is 10.2. The van der Waals surface area contributed by atoms with Crippen molar-refractivity contribution >= 4 is 35.8 Å². The molecule has 0 spiro atoms. The zero-order valence-electron chi connectivity index (χ0n) is 12.0. The van der Waals surface area contributed by atoms with Crippen molar-refractivity contribution in [1.82, 2.24) is 0 Å². The Balaban J connectivity index is 4.25. The largest absolute Gasteiger partial charge is 0.478 e. The van der Waals surface area contributed by atoms with E-state index in [0.717, 1.165) is 0 Å². The molecule has 0 unspecified atom stereocenters. The Morgan fingerprint density at radius 3 is 1.75 bits per heavy atom. The quantitative estimate of drug-likeness (QED) is 0.265. The zero-order chi connectivity index (χ0) is 18.7. The summed E-state index contributed by atoms with van der Waals surface area (Å²) in [6.07, 6.45) is 1.12. The van der Waals surface area contributed by atoms with Gasteiger partial charge >= 0.3 is 35.8 Å². The number of carbonyl (C=O) groups excluding carboxylic acids is 4. The first-order chi connectivity index (χ1) is 11.1. The first-order valence-corrected chi connectivity index (χ1v) is 6.19. The molecule has 1 atom stereocenters. The highest BCUT2D eigenvalue weighted by Crippen LogP contribution is 2.01. The van der Waals surface area contributed by atoms with Gasteiger partial charge in [0.2, 0.25) is 0 Å². The van der Waals surface area contributed by atoms with Crippen LogP contribution in [0.25, 0.3) is 0 Å². The molecule has 0 aromatic rings. The lowest BCUT2D eigenvalue weighted by Gasteiger charge is -2.08. The number of aliphatic carboxylic acids is 2. The van der Waals surface area contributed by atoms with Gasteiger partial charge in [-0.1, -0.05) is 0 Å². The van der Waals surface area contributed by atoms with Crippen LogP contribution in [0.5, 0.6) is 0 Å². The van der Waals surface area contributed by atoms with Crippen LogP contribution in [-0.4, -0.2) is 52.1 Å². The Morgan fingerprint density at radius 1 is 0.833 bits per heavy atom. The minimum Gasteiger partial charge on any atom is -0.478 e. The normalized spacial score (nSPS) is 11.9. The van der Waals surface area contributed by atoms with Crippen molar-refractivity contribution in [3.63, 3.8) is 0 Å². The summed E-state index contributed by atoms with van der Waals surface area (Å²) in [6, 6.07) is -1.40. The molecule has 0 radical (unpaired) electrons. The van der Waals surface area contributed by atoms with Gasteiger partial charge in [-0.15, -0.1) is 0 Å². The summed E-state index contributed by atoms with van der Waals surface area (Å²) in [5, 5.41) is 16.5. The van der Waals surface area contributed by atoms with E-state index in [9.17, 15) is 28.8 Å². The predicted octanol–water partition coefficient (Wildman–Crippen LogP) is -1.48. The number of esters is 4. The second-order valence-electron chi connectivity index (χ2n) is 4.02. The molecule has 0 heterocycles. The van der Waals surface area contributed by atoms with Gasteiger partial charge in [0.1, 0.15) is 6.04 Å². The predicted molar refractivity (Wildman–Crippen MR) is 73.0 cm³/mol. The fourth-order valence-electron chi connectivity index (χ4n) is 1.08. The van der Waals surface area contributed by atoms with Crippen molar-refractivity contribution < 1.29 is 48.5 Å². The summed E-state index contributed by atoms with van der Waals surface area (Å²) in [4.78, 5) is 64.9. The van der Waals surface area contributed by atoms with Crippen LogP contribution >= 0.6 is 0 Å². The summed E-state index contributed by atoms with van der Waals surface area (Å²) >= 11 is 0. The Kier molecular flexibility index (Phi) is 8.95. The lowest BCUT2D eigenvalue weighted by molar-refractivity contribution is -0.157. The Bertz CT molecular complexity index is 604. The molecular weight excluding hydrogens is 330 g/mol. The smallest absolute Gasteiger partial charge is 0.338 e. The number of carboxylic acids is 2. The molecule has 0 aromatic carbocycles. The molecule has 0 aliphatic carbocycles. The van der Waals surface area contributed by atoms with Crippen LogP contribution < -0.4 is 5.73 Å². The maximum absolute atomic E-state index is 11.4. The second kappa shape index (κ2) is 10.4. The standard InChI is InChI=1S/C13H13NO10/c14-7(13(22)24-12(21)6-3-9(17)18)1-4-10(19)23-11(20)5-2-8(15)16/h2-3,5-7H,1,4,14H2,(H,15,16)(H,17,18)/b5-2-,6-3-/t7-/m0/s1. The van der Waals surface area contributed by atoms with Gasteiger partial charge in [-0.25, -0.2) is 24.0 Å². The molecule has 130 valence electrons. The molecule has 0 fully saturated rings. The molecule has 0 aliphatic rings. The fraction of sp³-hybridized carbons (Fsp3) is 0.231. The van der Waals surface area contributed by atoms with E-state index in [-0.39, 0.29) is 6.42 Å². The SMILES string of the molecule is N[C@@H](CCC(=O)OC(=O)/C=C\C(=O)O)C(=O)OC(=O)/C=C\C(=O)O. The number of hydrogen-bond acceptors (Lipinski definition) is 9. The minimum atomic E-state index is -1.42. The Hall–Kier alpha value is -3.34. The highest BCUT2D eigenvalue weighted by molar-refractivity contribution is 5.98. The summed E-state index contributed by atoms with van der Waals surface area (Å²) < 4.78 is 8.39. The highest BCUT2D eigenvalue weighted by atomic mass is 16.6. The third kappa shape index (κ3) is 10.4. The van der Waals surface area contributed by atoms with Crippen molar-refractivity contribution in [2.75, 3.05) is 0 Å². The number of carbonyl (C=O) groups is 6. The number of hydrogen-bond donors (Lipinski definition) is 3. The van der Waals surface area contributed by atoms with Crippen molar-refractivity contribution in [3.05, 3.63) is 24.3 Å². The molecule has 4 N–H and O–H groups in total. The fourth-order valence-corrected chi connectivity index (χ4v) is 1.08.